The maximum Gasteiger partial charge on any atom is 0.253 e. The van der Waals surface area contributed by atoms with Crippen molar-refractivity contribution in [3.8, 4) is 0 Å². The third-order valence-corrected chi connectivity index (χ3v) is 3.44. The molecule has 1 aliphatic rings. The highest BCUT2D eigenvalue weighted by Crippen LogP contribution is 2.34. The molecule has 110 valence electrons. The van der Waals surface area contributed by atoms with Gasteiger partial charge < -0.3 is 20.7 Å². The van der Waals surface area contributed by atoms with Crippen molar-refractivity contribution in [2.24, 2.45) is 0 Å². The lowest BCUT2D eigenvalue weighted by Gasteiger charge is -2.27. The van der Waals surface area contributed by atoms with Crippen molar-refractivity contribution in [1.29, 1.82) is 0 Å². The van der Waals surface area contributed by atoms with Gasteiger partial charge in [0.2, 0.25) is 0 Å². The Bertz CT molecular complexity index is 472. The minimum absolute atomic E-state index is 0.0504. The van der Waals surface area contributed by atoms with Crippen LogP contribution in [0.3, 0.4) is 0 Å². The van der Waals surface area contributed by atoms with Crippen LogP contribution in [-0.4, -0.2) is 38.8 Å². The first-order valence-corrected chi connectivity index (χ1v) is 7.10. The maximum absolute atomic E-state index is 12.2. The van der Waals surface area contributed by atoms with E-state index < -0.39 is 0 Å². The number of nitrogens with zero attached hydrogens (tertiary/aromatic N) is 1. The SMILES string of the molecule is CCNC(=O)c1ccc(N)cc1N(CCOC)C1CC1. The number of nitrogens with one attached hydrogen (secondary N) is 1. The first-order valence-electron chi connectivity index (χ1n) is 7.10. The molecule has 3 N–H and O–H groups in total. The van der Waals surface area contributed by atoms with E-state index in [4.69, 9.17) is 10.5 Å². The summed E-state index contributed by atoms with van der Waals surface area (Å²) in [7, 11) is 1.69. The average molecular weight is 277 g/mol. The molecule has 0 aromatic heterocycles. The molecule has 0 bridgehead atoms. The molecule has 1 aliphatic carbocycles. The molecule has 2 rings (SSSR count). The van der Waals surface area contributed by atoms with Crippen LogP contribution in [0.2, 0.25) is 0 Å². The van der Waals surface area contributed by atoms with Gasteiger partial charge in [0.05, 0.1) is 17.9 Å². The highest BCUT2D eigenvalue weighted by Gasteiger charge is 2.31. The van der Waals surface area contributed by atoms with Crippen LogP contribution in [0.25, 0.3) is 0 Å². The van der Waals surface area contributed by atoms with Gasteiger partial charge in [-0.25, -0.2) is 0 Å². The number of hydrogen-bond acceptors (Lipinski definition) is 4. The largest absolute Gasteiger partial charge is 0.399 e. The van der Waals surface area contributed by atoms with Crippen molar-refractivity contribution >= 4 is 17.3 Å². The lowest BCUT2D eigenvalue weighted by atomic mass is 10.1. The molecular formula is C15H23N3O2. The van der Waals surface area contributed by atoms with Gasteiger partial charge in [0.15, 0.2) is 0 Å². The van der Waals surface area contributed by atoms with Gasteiger partial charge in [-0.1, -0.05) is 0 Å². The molecule has 0 heterocycles. The second-order valence-electron chi connectivity index (χ2n) is 5.05. The predicted molar refractivity (Wildman–Crippen MR) is 81.1 cm³/mol. The number of benzene rings is 1. The molecule has 1 fully saturated rings. The number of ether oxygens (including phenoxy) is 1. The molecule has 0 aliphatic heterocycles. The van der Waals surface area contributed by atoms with Gasteiger partial charge in [-0.15, -0.1) is 0 Å². The van der Waals surface area contributed by atoms with Crippen LogP contribution in [0.1, 0.15) is 30.1 Å². The fourth-order valence-corrected chi connectivity index (χ4v) is 2.31. The Balaban J connectivity index is 2.30. The highest BCUT2D eigenvalue weighted by molar-refractivity contribution is 6.00. The quantitative estimate of drug-likeness (QED) is 0.743. The number of hydrogen-bond donors (Lipinski definition) is 2. The Morgan fingerprint density at radius 3 is 2.85 bits per heavy atom. The summed E-state index contributed by atoms with van der Waals surface area (Å²) in [5.41, 5.74) is 8.17. The number of nitrogen functional groups attached to an aromatic ring is 1. The molecule has 1 amide bonds. The normalized spacial score (nSPS) is 14.1. The predicted octanol–water partition coefficient (Wildman–Crippen LogP) is 1.63. The van der Waals surface area contributed by atoms with Gasteiger partial charge in [-0.05, 0) is 38.0 Å². The summed E-state index contributed by atoms with van der Waals surface area (Å²) in [4.78, 5) is 14.4. The van der Waals surface area contributed by atoms with Crippen LogP contribution in [0.5, 0.6) is 0 Å². The van der Waals surface area contributed by atoms with E-state index in [0.29, 0.717) is 30.4 Å². The number of nitrogens with two attached hydrogens (primary N) is 1. The van der Waals surface area contributed by atoms with E-state index in [-0.39, 0.29) is 5.91 Å². The summed E-state index contributed by atoms with van der Waals surface area (Å²) in [6.45, 7) is 3.94. The van der Waals surface area contributed by atoms with Gasteiger partial charge in [0.25, 0.3) is 5.91 Å². The van der Waals surface area contributed by atoms with Gasteiger partial charge >= 0.3 is 0 Å². The molecule has 0 spiro atoms. The van der Waals surface area contributed by atoms with Crippen molar-refractivity contribution in [2.45, 2.75) is 25.8 Å². The van der Waals surface area contributed by atoms with E-state index in [1.165, 1.54) is 0 Å². The summed E-state index contributed by atoms with van der Waals surface area (Å²) >= 11 is 0. The number of amides is 1. The zero-order valence-corrected chi connectivity index (χ0v) is 12.2. The smallest absolute Gasteiger partial charge is 0.253 e. The zero-order chi connectivity index (χ0) is 14.5. The van der Waals surface area contributed by atoms with E-state index in [1.807, 2.05) is 13.0 Å². The third-order valence-electron chi connectivity index (χ3n) is 3.44. The second kappa shape index (κ2) is 6.61. The van der Waals surface area contributed by atoms with E-state index in [1.54, 1.807) is 19.2 Å². The molecular weight excluding hydrogens is 254 g/mol. The molecule has 1 aromatic rings. The van der Waals surface area contributed by atoms with Gasteiger partial charge in [0.1, 0.15) is 0 Å². The first-order chi connectivity index (χ1) is 9.67. The molecule has 1 aromatic carbocycles. The maximum atomic E-state index is 12.2. The number of anilines is 2. The Labute approximate surface area is 120 Å². The summed E-state index contributed by atoms with van der Waals surface area (Å²) < 4.78 is 5.18. The Kier molecular flexibility index (Phi) is 4.84. The minimum atomic E-state index is -0.0504. The molecule has 0 radical (unpaired) electrons. The van der Waals surface area contributed by atoms with Crippen molar-refractivity contribution in [1.82, 2.24) is 5.32 Å². The van der Waals surface area contributed by atoms with Crippen LogP contribution in [0.4, 0.5) is 11.4 Å². The molecule has 0 unspecified atom stereocenters. The molecule has 0 saturated heterocycles. The van der Waals surface area contributed by atoms with Crippen LogP contribution in [0, 0.1) is 0 Å². The number of rotatable bonds is 7. The second-order valence-corrected chi connectivity index (χ2v) is 5.05. The summed E-state index contributed by atoms with van der Waals surface area (Å²) in [5.74, 6) is -0.0504. The fraction of sp³-hybridized carbons (Fsp3) is 0.533. The van der Waals surface area contributed by atoms with Crippen molar-refractivity contribution < 1.29 is 9.53 Å². The summed E-state index contributed by atoms with van der Waals surface area (Å²) in [6.07, 6.45) is 2.32. The zero-order valence-electron chi connectivity index (χ0n) is 12.2. The van der Waals surface area contributed by atoms with Crippen molar-refractivity contribution in [3.05, 3.63) is 23.8 Å². The standard InChI is InChI=1S/C15H23N3O2/c1-3-17-15(19)13-7-4-11(16)10-14(13)18(8-9-20-2)12-5-6-12/h4,7,10,12H,3,5-6,8-9,16H2,1-2H3,(H,17,19). The highest BCUT2D eigenvalue weighted by atomic mass is 16.5. The lowest BCUT2D eigenvalue weighted by molar-refractivity contribution is 0.0956. The molecule has 5 nitrogen and oxygen atoms in total. The van der Waals surface area contributed by atoms with E-state index in [9.17, 15) is 4.79 Å². The van der Waals surface area contributed by atoms with E-state index >= 15 is 0 Å². The molecule has 1 saturated carbocycles. The minimum Gasteiger partial charge on any atom is -0.399 e. The van der Waals surface area contributed by atoms with E-state index in [0.717, 1.165) is 25.1 Å². The molecule has 5 heteroatoms. The van der Waals surface area contributed by atoms with Crippen LogP contribution >= 0.6 is 0 Å². The third kappa shape index (κ3) is 3.42. The number of carbonyl (C=O) groups is 1. The number of carbonyl (C=O) groups excluding carboxylic acids is 1. The van der Waals surface area contributed by atoms with Gasteiger partial charge in [0, 0.05) is 31.9 Å². The molecule has 20 heavy (non-hydrogen) atoms. The summed E-state index contributed by atoms with van der Waals surface area (Å²) in [6, 6.07) is 5.96. The van der Waals surface area contributed by atoms with E-state index in [2.05, 4.69) is 10.2 Å². The fourth-order valence-electron chi connectivity index (χ4n) is 2.31. The first kappa shape index (κ1) is 14.7. The monoisotopic (exact) mass is 277 g/mol. The average Bonchev–Trinajstić information content (AvgIpc) is 3.24. The van der Waals surface area contributed by atoms with Crippen LogP contribution in [-0.2, 0) is 4.74 Å². The topological polar surface area (TPSA) is 67.6 Å². The Morgan fingerprint density at radius 2 is 2.25 bits per heavy atom. The Hall–Kier alpha value is -1.75. The summed E-state index contributed by atoms with van der Waals surface area (Å²) in [5, 5.41) is 2.85. The van der Waals surface area contributed by atoms with Gasteiger partial charge in [-0.2, -0.15) is 0 Å². The number of methoxy groups -OCH3 is 1. The van der Waals surface area contributed by atoms with Crippen molar-refractivity contribution in [3.63, 3.8) is 0 Å². The van der Waals surface area contributed by atoms with Crippen LogP contribution in [0.15, 0.2) is 18.2 Å². The Morgan fingerprint density at radius 1 is 1.50 bits per heavy atom. The van der Waals surface area contributed by atoms with Crippen LogP contribution < -0.4 is 16.0 Å². The molecule has 0 atom stereocenters. The lowest BCUT2D eigenvalue weighted by Crippen LogP contribution is -2.33. The van der Waals surface area contributed by atoms with Crippen molar-refractivity contribution in [2.75, 3.05) is 37.4 Å². The van der Waals surface area contributed by atoms with Gasteiger partial charge in [-0.3, -0.25) is 4.79 Å².